The fourth-order valence-electron chi connectivity index (χ4n) is 8.26. The highest BCUT2D eigenvalue weighted by atomic mass is 28.3. The summed E-state index contributed by atoms with van der Waals surface area (Å²) in [6.07, 6.45) is 23.1. The first-order valence-corrected chi connectivity index (χ1v) is 18.9. The van der Waals surface area contributed by atoms with Gasteiger partial charge in [-0.05, 0) is 85.8 Å². The molecule has 1 heteroatoms. The SMILES string of the molecule is CCCCC[Si]1(c2ccccc2)CCC(C2=CC=C(c3ccccc3[C@H]3CC[C@H](CCC)CC3)CC2)CC1. The topological polar surface area (TPSA) is 0 Å². The van der Waals surface area contributed by atoms with E-state index in [4.69, 9.17) is 0 Å². The van der Waals surface area contributed by atoms with Crippen LogP contribution in [0.1, 0.15) is 114 Å². The summed E-state index contributed by atoms with van der Waals surface area (Å²) in [6.45, 7) is 4.70. The van der Waals surface area contributed by atoms with Crippen LogP contribution in [0.25, 0.3) is 5.57 Å². The van der Waals surface area contributed by atoms with Crippen molar-refractivity contribution in [2.75, 3.05) is 0 Å². The van der Waals surface area contributed by atoms with Gasteiger partial charge in [-0.2, -0.15) is 0 Å². The standard InChI is InChI=1S/C37H52Si/c1-3-5-11-27-38(35-13-7-6-8-14-35)28-25-32(26-29-38)31-21-23-34(24-22-31)37-16-10-9-15-36(37)33-19-17-30(12-4-2)18-20-33/h6-10,13-16,21,23,30,32-33H,3-5,11-12,17-20,22,24-29H2,1-2H3/t30-,32?,33-,38?. The molecule has 0 aromatic heterocycles. The zero-order chi connectivity index (χ0) is 26.2. The molecule has 1 aliphatic heterocycles. The van der Waals surface area contributed by atoms with Crippen molar-refractivity contribution in [1.29, 1.82) is 0 Å². The van der Waals surface area contributed by atoms with Crippen molar-refractivity contribution in [2.45, 2.75) is 121 Å². The molecule has 2 aromatic carbocycles. The van der Waals surface area contributed by atoms with Crippen molar-refractivity contribution in [3.8, 4) is 0 Å². The molecule has 0 radical (unpaired) electrons. The van der Waals surface area contributed by atoms with E-state index in [0.717, 1.165) is 17.8 Å². The molecule has 204 valence electrons. The Balaban J connectivity index is 1.25. The van der Waals surface area contributed by atoms with Crippen LogP contribution in [0, 0.1) is 11.8 Å². The van der Waals surface area contributed by atoms with Crippen molar-refractivity contribution in [2.24, 2.45) is 11.8 Å². The molecule has 2 aliphatic carbocycles. The Kier molecular flexibility index (Phi) is 9.82. The van der Waals surface area contributed by atoms with E-state index in [9.17, 15) is 0 Å². The molecule has 38 heavy (non-hydrogen) atoms. The van der Waals surface area contributed by atoms with Crippen molar-refractivity contribution < 1.29 is 0 Å². The minimum absolute atomic E-state index is 0.771. The lowest BCUT2D eigenvalue weighted by molar-refractivity contribution is 0.308. The third-order valence-electron chi connectivity index (χ3n) is 10.6. The molecule has 0 amide bonds. The first kappa shape index (κ1) is 27.7. The number of unbranched alkanes of at least 4 members (excludes halogenated alkanes) is 2. The lowest BCUT2D eigenvalue weighted by Crippen LogP contribution is -2.50. The highest BCUT2D eigenvalue weighted by molar-refractivity contribution is 6.92. The fourth-order valence-corrected chi connectivity index (χ4v) is 13.5. The average molecular weight is 525 g/mol. The van der Waals surface area contributed by atoms with Gasteiger partial charge in [0.25, 0.3) is 0 Å². The van der Waals surface area contributed by atoms with Gasteiger partial charge in [0, 0.05) is 0 Å². The summed E-state index contributed by atoms with van der Waals surface area (Å²) in [4.78, 5) is 0. The van der Waals surface area contributed by atoms with Gasteiger partial charge in [-0.25, -0.2) is 0 Å². The van der Waals surface area contributed by atoms with Crippen LogP contribution < -0.4 is 5.19 Å². The van der Waals surface area contributed by atoms with Gasteiger partial charge in [-0.15, -0.1) is 0 Å². The predicted molar refractivity (Wildman–Crippen MR) is 170 cm³/mol. The summed E-state index contributed by atoms with van der Waals surface area (Å²) in [7, 11) is -1.35. The molecule has 5 rings (SSSR count). The number of rotatable bonds is 10. The third-order valence-corrected chi connectivity index (χ3v) is 15.9. The molecule has 2 fully saturated rings. The van der Waals surface area contributed by atoms with Gasteiger partial charge in [0.05, 0.1) is 8.07 Å². The van der Waals surface area contributed by atoms with Crippen molar-refractivity contribution in [3.63, 3.8) is 0 Å². The van der Waals surface area contributed by atoms with E-state index in [1.165, 1.54) is 102 Å². The maximum atomic E-state index is 2.56. The highest BCUT2D eigenvalue weighted by Gasteiger charge is 2.39. The number of hydrogen-bond acceptors (Lipinski definition) is 0. The molecule has 3 aliphatic rings. The molecule has 0 atom stereocenters. The maximum Gasteiger partial charge on any atom is 0.0867 e. The summed E-state index contributed by atoms with van der Waals surface area (Å²) >= 11 is 0. The lowest BCUT2D eigenvalue weighted by atomic mass is 9.74. The average Bonchev–Trinajstić information content (AvgIpc) is 2.99. The number of benzene rings is 2. The van der Waals surface area contributed by atoms with Crippen LogP contribution in [0.2, 0.25) is 18.1 Å². The van der Waals surface area contributed by atoms with Gasteiger partial charge >= 0.3 is 0 Å². The molecule has 0 N–H and O–H groups in total. The molecule has 1 saturated carbocycles. The molecule has 0 spiro atoms. The van der Waals surface area contributed by atoms with Crippen LogP contribution in [0.5, 0.6) is 0 Å². The van der Waals surface area contributed by atoms with Crippen LogP contribution in [0.4, 0.5) is 0 Å². The minimum Gasteiger partial charge on any atom is -0.0668 e. The van der Waals surface area contributed by atoms with Gasteiger partial charge < -0.3 is 0 Å². The van der Waals surface area contributed by atoms with Crippen LogP contribution >= 0.6 is 0 Å². The third kappa shape index (κ3) is 6.47. The van der Waals surface area contributed by atoms with E-state index in [1.54, 1.807) is 27.5 Å². The molecule has 1 saturated heterocycles. The van der Waals surface area contributed by atoms with Crippen molar-refractivity contribution in [1.82, 2.24) is 0 Å². The van der Waals surface area contributed by atoms with Gasteiger partial charge in [0.1, 0.15) is 0 Å². The van der Waals surface area contributed by atoms with Crippen LogP contribution in [-0.2, 0) is 0 Å². The monoisotopic (exact) mass is 524 g/mol. The molecular formula is C37H52Si. The van der Waals surface area contributed by atoms with Gasteiger partial charge in [0.2, 0.25) is 0 Å². The second kappa shape index (κ2) is 13.5. The van der Waals surface area contributed by atoms with E-state index in [-0.39, 0.29) is 0 Å². The normalized spacial score (nSPS) is 28.0. The summed E-state index contributed by atoms with van der Waals surface area (Å²) < 4.78 is 0. The Morgan fingerprint density at radius 2 is 1.42 bits per heavy atom. The Morgan fingerprint density at radius 1 is 0.684 bits per heavy atom. The van der Waals surface area contributed by atoms with E-state index in [1.807, 2.05) is 0 Å². The fraction of sp³-hybridized carbons (Fsp3) is 0.568. The van der Waals surface area contributed by atoms with Gasteiger partial charge in [0.15, 0.2) is 0 Å². The van der Waals surface area contributed by atoms with E-state index < -0.39 is 8.07 Å². The molecular weight excluding hydrogens is 472 g/mol. The molecule has 1 heterocycles. The second-order valence-electron chi connectivity index (χ2n) is 12.9. The Morgan fingerprint density at radius 3 is 2.11 bits per heavy atom. The quantitative estimate of drug-likeness (QED) is 0.214. The highest BCUT2D eigenvalue weighted by Crippen LogP contribution is 2.44. The first-order chi connectivity index (χ1) is 18.7. The largest absolute Gasteiger partial charge is 0.0867 e. The molecule has 0 bridgehead atoms. The summed E-state index contributed by atoms with van der Waals surface area (Å²) in [5.41, 5.74) is 6.57. The summed E-state index contributed by atoms with van der Waals surface area (Å²) in [5.74, 6) is 2.58. The van der Waals surface area contributed by atoms with Gasteiger partial charge in [-0.3, -0.25) is 0 Å². The summed E-state index contributed by atoms with van der Waals surface area (Å²) in [6, 6.07) is 25.7. The number of allylic oxidation sites excluding steroid dienone is 4. The predicted octanol–water partition coefficient (Wildman–Crippen LogP) is 10.8. The first-order valence-electron chi connectivity index (χ1n) is 16.3. The Labute approximate surface area is 235 Å². The number of hydrogen-bond donors (Lipinski definition) is 0. The second-order valence-corrected chi connectivity index (χ2v) is 17.5. The lowest BCUT2D eigenvalue weighted by Gasteiger charge is -2.40. The maximum absolute atomic E-state index is 2.56. The van der Waals surface area contributed by atoms with E-state index >= 15 is 0 Å². The van der Waals surface area contributed by atoms with Crippen LogP contribution in [0.15, 0.2) is 72.3 Å². The van der Waals surface area contributed by atoms with E-state index in [2.05, 4.69) is 80.6 Å². The zero-order valence-electron chi connectivity index (χ0n) is 24.4. The van der Waals surface area contributed by atoms with E-state index in [0.29, 0.717) is 0 Å². The molecule has 0 nitrogen and oxygen atoms in total. The molecule has 2 aromatic rings. The smallest absolute Gasteiger partial charge is 0.0668 e. The van der Waals surface area contributed by atoms with Crippen LogP contribution in [0.3, 0.4) is 0 Å². The zero-order valence-corrected chi connectivity index (χ0v) is 25.4. The minimum atomic E-state index is -1.35. The summed E-state index contributed by atoms with van der Waals surface area (Å²) in [5, 5.41) is 1.75. The van der Waals surface area contributed by atoms with Crippen molar-refractivity contribution in [3.05, 3.63) is 83.4 Å². The Bertz CT molecular complexity index is 1060. The van der Waals surface area contributed by atoms with Crippen molar-refractivity contribution >= 4 is 18.8 Å². The Hall–Kier alpha value is -1.86. The van der Waals surface area contributed by atoms with Crippen LogP contribution in [-0.4, -0.2) is 8.07 Å². The molecule has 0 unspecified atom stereocenters. The van der Waals surface area contributed by atoms with Gasteiger partial charge in [-0.1, -0.05) is 142 Å².